The summed E-state index contributed by atoms with van der Waals surface area (Å²) in [5.41, 5.74) is 0. The third-order valence-electron chi connectivity index (χ3n) is 5.45. The molecule has 0 unspecified atom stereocenters. The van der Waals surface area contributed by atoms with Crippen LogP contribution in [0.1, 0.15) is 36.4 Å². The fraction of sp³-hybridized carbons (Fsp3) is 0.360. The number of sulfonamides is 1. The Morgan fingerprint density at radius 3 is 2.54 bits per heavy atom. The maximum absolute atomic E-state index is 13.2. The molecular formula is C25H29ClFN3O5S2. The Morgan fingerprint density at radius 2 is 1.86 bits per heavy atom. The molecule has 1 heterocycles. The number of amides is 2. The topological polar surface area (TPSA) is 125 Å². The first-order valence-corrected chi connectivity index (χ1v) is 14.3. The molecule has 1 aromatic heterocycles. The fourth-order valence-corrected chi connectivity index (χ4v) is 6.16. The number of nitrogens with one attached hydrogen (secondary N) is 3. The highest BCUT2D eigenvalue weighted by atomic mass is 35.5. The van der Waals surface area contributed by atoms with Crippen molar-refractivity contribution in [3.05, 3.63) is 64.2 Å². The van der Waals surface area contributed by atoms with E-state index in [9.17, 15) is 27.5 Å². The van der Waals surface area contributed by atoms with Gasteiger partial charge in [0.05, 0.1) is 16.0 Å². The molecule has 3 aromatic rings. The Kier molecular flexibility index (Phi) is 10.0. The van der Waals surface area contributed by atoms with Crippen LogP contribution in [0.3, 0.4) is 0 Å². The Labute approximate surface area is 224 Å². The summed E-state index contributed by atoms with van der Waals surface area (Å²) in [7, 11) is -4.06. The van der Waals surface area contributed by atoms with Gasteiger partial charge in [0.15, 0.2) is 0 Å². The summed E-state index contributed by atoms with van der Waals surface area (Å²) in [5.74, 6) is -1.27. The lowest BCUT2D eigenvalue weighted by atomic mass is 10.0. The summed E-state index contributed by atoms with van der Waals surface area (Å²) in [5, 5.41) is 16.4. The van der Waals surface area contributed by atoms with E-state index in [0.717, 1.165) is 28.3 Å². The van der Waals surface area contributed by atoms with Gasteiger partial charge in [-0.15, -0.1) is 11.3 Å². The lowest BCUT2D eigenvalue weighted by molar-refractivity contribution is -0.123. The average molecular weight is 570 g/mol. The minimum absolute atomic E-state index is 0.0596. The summed E-state index contributed by atoms with van der Waals surface area (Å²) in [6.45, 7) is 3.61. The highest BCUT2D eigenvalue weighted by Gasteiger charge is 2.24. The zero-order chi connectivity index (χ0) is 27.2. The number of carbonyl (C=O) groups excluding carboxylic acids is 2. The van der Waals surface area contributed by atoms with Gasteiger partial charge in [-0.1, -0.05) is 43.6 Å². The largest absolute Gasteiger partial charge is 0.392 e. The summed E-state index contributed by atoms with van der Waals surface area (Å²) in [4.78, 5) is 25.8. The van der Waals surface area contributed by atoms with E-state index < -0.39 is 33.9 Å². The van der Waals surface area contributed by atoms with Crippen LogP contribution in [-0.4, -0.2) is 50.6 Å². The molecule has 0 saturated carbocycles. The standard InChI is InChI=1S/C25H29ClFN3O5S2/c1-15(2)11-20(30-25(33)22-12-16-5-3-4-6-21(16)36-22)24(32)28-10-9-18(31)14-29-37(34,35)23-8-7-17(27)13-19(23)26/h3-8,12-13,15,18,20,29,31H,9-11,14H2,1-2H3,(H,28,32)(H,30,33)/t18-,20+/m1/s1. The normalized spacial score (nSPS) is 13.5. The first-order chi connectivity index (χ1) is 17.5. The van der Waals surface area contributed by atoms with Gasteiger partial charge in [0.1, 0.15) is 16.8 Å². The van der Waals surface area contributed by atoms with Crippen LogP contribution < -0.4 is 15.4 Å². The molecule has 37 heavy (non-hydrogen) atoms. The molecule has 3 rings (SSSR count). The number of hydrogen-bond donors (Lipinski definition) is 4. The highest BCUT2D eigenvalue weighted by molar-refractivity contribution is 7.89. The number of aliphatic hydroxyl groups excluding tert-OH is 1. The Balaban J connectivity index is 1.51. The van der Waals surface area contributed by atoms with Gasteiger partial charge in [0.2, 0.25) is 15.9 Å². The smallest absolute Gasteiger partial charge is 0.262 e. The van der Waals surface area contributed by atoms with Crippen LogP contribution in [0, 0.1) is 11.7 Å². The van der Waals surface area contributed by atoms with Crippen molar-refractivity contribution in [2.24, 2.45) is 5.92 Å². The van der Waals surface area contributed by atoms with Crippen molar-refractivity contribution in [2.45, 2.75) is 43.7 Å². The van der Waals surface area contributed by atoms with E-state index in [1.807, 2.05) is 38.1 Å². The molecule has 4 N–H and O–H groups in total. The van der Waals surface area contributed by atoms with Gasteiger partial charge in [-0.2, -0.15) is 0 Å². The van der Waals surface area contributed by atoms with E-state index in [-0.39, 0.29) is 41.3 Å². The molecule has 12 heteroatoms. The molecule has 0 aliphatic heterocycles. The van der Waals surface area contributed by atoms with Crippen LogP contribution in [-0.2, 0) is 14.8 Å². The molecular weight excluding hydrogens is 541 g/mol. The van der Waals surface area contributed by atoms with Crippen LogP contribution in [0.2, 0.25) is 5.02 Å². The van der Waals surface area contributed by atoms with Gasteiger partial charge in [0.25, 0.3) is 5.91 Å². The average Bonchev–Trinajstić information content (AvgIpc) is 3.26. The number of rotatable bonds is 12. The zero-order valence-corrected chi connectivity index (χ0v) is 22.7. The van der Waals surface area contributed by atoms with Crippen molar-refractivity contribution in [1.29, 1.82) is 0 Å². The van der Waals surface area contributed by atoms with Gasteiger partial charge in [-0.05, 0) is 54.5 Å². The lowest BCUT2D eigenvalue weighted by Crippen LogP contribution is -2.48. The predicted molar refractivity (Wildman–Crippen MR) is 143 cm³/mol. The van der Waals surface area contributed by atoms with Crippen LogP contribution in [0.15, 0.2) is 53.4 Å². The van der Waals surface area contributed by atoms with E-state index in [2.05, 4.69) is 15.4 Å². The lowest BCUT2D eigenvalue weighted by Gasteiger charge is -2.20. The van der Waals surface area contributed by atoms with Gasteiger partial charge in [-0.25, -0.2) is 17.5 Å². The Morgan fingerprint density at radius 1 is 1.14 bits per heavy atom. The molecule has 2 atom stereocenters. The maximum atomic E-state index is 13.2. The van der Waals surface area contributed by atoms with Crippen LogP contribution >= 0.6 is 22.9 Å². The number of hydrogen-bond acceptors (Lipinski definition) is 6. The zero-order valence-electron chi connectivity index (χ0n) is 20.3. The molecule has 0 aliphatic rings. The number of fused-ring (bicyclic) bond motifs is 1. The van der Waals surface area contributed by atoms with Crippen LogP contribution in [0.25, 0.3) is 10.1 Å². The second-order valence-electron chi connectivity index (χ2n) is 8.96. The quantitative estimate of drug-likeness (QED) is 0.265. The number of thiophene rings is 1. The second kappa shape index (κ2) is 12.8. The molecule has 2 amide bonds. The Bertz CT molecular complexity index is 1330. The molecule has 8 nitrogen and oxygen atoms in total. The molecule has 0 aliphatic carbocycles. The van der Waals surface area contributed by atoms with Gasteiger partial charge in [0, 0.05) is 17.8 Å². The van der Waals surface area contributed by atoms with E-state index in [4.69, 9.17) is 11.6 Å². The fourth-order valence-electron chi connectivity index (χ4n) is 3.59. The first-order valence-electron chi connectivity index (χ1n) is 11.7. The van der Waals surface area contributed by atoms with Crippen molar-refractivity contribution < 1.29 is 27.5 Å². The predicted octanol–water partition coefficient (Wildman–Crippen LogP) is 3.68. The summed E-state index contributed by atoms with van der Waals surface area (Å²) < 4.78 is 41.1. The van der Waals surface area contributed by atoms with Crippen molar-refractivity contribution >= 4 is 54.9 Å². The molecule has 2 aromatic carbocycles. The summed E-state index contributed by atoms with van der Waals surface area (Å²) >= 11 is 7.16. The number of halogens is 2. The number of aliphatic hydroxyl groups is 1. The van der Waals surface area contributed by atoms with E-state index in [0.29, 0.717) is 11.3 Å². The molecule has 0 spiro atoms. The monoisotopic (exact) mass is 569 g/mol. The van der Waals surface area contributed by atoms with Crippen LogP contribution in [0.4, 0.5) is 4.39 Å². The molecule has 0 bridgehead atoms. The van der Waals surface area contributed by atoms with Crippen molar-refractivity contribution in [1.82, 2.24) is 15.4 Å². The third kappa shape index (κ3) is 8.21. The van der Waals surface area contributed by atoms with E-state index in [1.165, 1.54) is 11.3 Å². The molecule has 0 radical (unpaired) electrons. The number of benzene rings is 2. The maximum Gasteiger partial charge on any atom is 0.262 e. The minimum atomic E-state index is -4.06. The number of carbonyl (C=O) groups is 2. The molecule has 200 valence electrons. The van der Waals surface area contributed by atoms with Gasteiger partial charge < -0.3 is 15.7 Å². The molecule has 0 fully saturated rings. The third-order valence-corrected chi connectivity index (χ3v) is 8.47. The summed E-state index contributed by atoms with van der Waals surface area (Å²) in [6.07, 6.45) is -0.626. The minimum Gasteiger partial charge on any atom is -0.392 e. The van der Waals surface area contributed by atoms with Gasteiger partial charge in [-0.3, -0.25) is 9.59 Å². The second-order valence-corrected chi connectivity index (χ2v) is 12.2. The highest BCUT2D eigenvalue weighted by Crippen LogP contribution is 2.25. The van der Waals surface area contributed by atoms with Crippen molar-refractivity contribution in [3.8, 4) is 0 Å². The van der Waals surface area contributed by atoms with Crippen molar-refractivity contribution in [3.63, 3.8) is 0 Å². The van der Waals surface area contributed by atoms with Crippen LogP contribution in [0.5, 0.6) is 0 Å². The van der Waals surface area contributed by atoms with E-state index >= 15 is 0 Å². The Hall–Kier alpha value is -2.57. The molecule has 0 saturated heterocycles. The first kappa shape index (κ1) is 29.0. The van der Waals surface area contributed by atoms with Gasteiger partial charge >= 0.3 is 0 Å². The van der Waals surface area contributed by atoms with Crippen molar-refractivity contribution in [2.75, 3.05) is 13.1 Å². The SMILES string of the molecule is CC(C)C[C@H](NC(=O)c1cc2ccccc2s1)C(=O)NCC[C@@H](O)CNS(=O)(=O)c1ccc(F)cc1Cl. The van der Waals surface area contributed by atoms with E-state index in [1.54, 1.807) is 6.07 Å². The summed E-state index contributed by atoms with van der Waals surface area (Å²) in [6, 6.07) is 11.5.